The van der Waals surface area contributed by atoms with Crippen LogP contribution in [0.4, 0.5) is 5.69 Å². The van der Waals surface area contributed by atoms with Crippen molar-refractivity contribution in [3.8, 4) is 0 Å². The molecular weight excluding hydrogens is 398 g/mol. The van der Waals surface area contributed by atoms with Gasteiger partial charge in [-0.05, 0) is 88.2 Å². The van der Waals surface area contributed by atoms with Crippen LogP contribution in [0.25, 0.3) is 5.57 Å². The van der Waals surface area contributed by atoms with Crippen LogP contribution < -0.4 is 4.90 Å². The molecule has 1 aromatic heterocycles. The normalized spacial score (nSPS) is 29.5. The third-order valence-corrected chi connectivity index (χ3v) is 8.31. The van der Waals surface area contributed by atoms with Crippen LogP contribution in [0.1, 0.15) is 92.1 Å². The lowest BCUT2D eigenvalue weighted by atomic mass is 9.82. The highest BCUT2D eigenvalue weighted by Gasteiger charge is 2.38. The Labute approximate surface area is 182 Å². The van der Waals surface area contributed by atoms with Gasteiger partial charge in [-0.15, -0.1) is 11.3 Å². The van der Waals surface area contributed by atoms with E-state index < -0.39 is 12.1 Å². The lowest BCUT2D eigenvalue weighted by molar-refractivity contribution is -0.124. The van der Waals surface area contributed by atoms with Crippen LogP contribution >= 0.6 is 11.3 Å². The molecule has 4 rings (SSSR count). The van der Waals surface area contributed by atoms with Gasteiger partial charge in [0.05, 0.1) is 11.8 Å². The van der Waals surface area contributed by atoms with Gasteiger partial charge < -0.3 is 15.1 Å². The number of aliphatic hydroxyl groups is 1. The van der Waals surface area contributed by atoms with E-state index in [1.807, 2.05) is 6.07 Å². The molecule has 6 heteroatoms. The summed E-state index contributed by atoms with van der Waals surface area (Å²) in [6.07, 6.45) is 11.9. The topological polar surface area (TPSA) is 77.8 Å². The molecule has 2 unspecified atom stereocenters. The lowest BCUT2D eigenvalue weighted by Gasteiger charge is -2.34. The number of aromatic carboxylic acids is 1. The summed E-state index contributed by atoms with van der Waals surface area (Å²) in [5.74, 6) is -0.300. The molecule has 5 nitrogen and oxygen atoms in total. The van der Waals surface area contributed by atoms with Gasteiger partial charge in [0.2, 0.25) is 5.91 Å². The number of amides is 1. The molecule has 1 heterocycles. The number of anilines is 1. The summed E-state index contributed by atoms with van der Waals surface area (Å²) in [4.78, 5) is 28.9. The van der Waals surface area contributed by atoms with Gasteiger partial charge in [0.1, 0.15) is 4.88 Å². The van der Waals surface area contributed by atoms with E-state index in [0.717, 1.165) is 56.2 Å². The maximum absolute atomic E-state index is 13.7. The Morgan fingerprint density at radius 2 is 1.87 bits per heavy atom. The van der Waals surface area contributed by atoms with Gasteiger partial charge in [-0.2, -0.15) is 0 Å². The van der Waals surface area contributed by atoms with Crippen molar-refractivity contribution in [1.29, 1.82) is 0 Å². The highest BCUT2D eigenvalue weighted by Crippen LogP contribution is 2.42. The van der Waals surface area contributed by atoms with E-state index >= 15 is 0 Å². The molecule has 0 aliphatic heterocycles. The van der Waals surface area contributed by atoms with Crippen LogP contribution in [0.5, 0.6) is 0 Å². The van der Waals surface area contributed by atoms with Crippen molar-refractivity contribution in [2.45, 2.75) is 89.7 Å². The fraction of sp³-hybridized carbons (Fsp3) is 0.667. The summed E-state index contributed by atoms with van der Waals surface area (Å²) in [6, 6.07) is 1.83. The van der Waals surface area contributed by atoms with Crippen LogP contribution in [0.2, 0.25) is 0 Å². The van der Waals surface area contributed by atoms with E-state index in [4.69, 9.17) is 0 Å². The van der Waals surface area contributed by atoms with Crippen molar-refractivity contribution in [3.63, 3.8) is 0 Å². The Morgan fingerprint density at radius 1 is 1.10 bits per heavy atom. The molecule has 0 bridgehead atoms. The van der Waals surface area contributed by atoms with Gasteiger partial charge in [-0.25, -0.2) is 4.79 Å². The Bertz CT molecular complexity index is 821. The zero-order valence-corrected chi connectivity index (χ0v) is 18.6. The Balaban J connectivity index is 1.70. The summed E-state index contributed by atoms with van der Waals surface area (Å²) in [5.41, 5.74) is 1.77. The molecule has 3 aliphatic rings. The molecule has 1 amide bonds. The molecule has 2 saturated carbocycles. The molecule has 164 valence electrons. The first-order chi connectivity index (χ1) is 14.4. The number of hydrogen-bond acceptors (Lipinski definition) is 4. The fourth-order valence-electron chi connectivity index (χ4n) is 5.30. The maximum Gasteiger partial charge on any atom is 0.348 e. The zero-order chi connectivity index (χ0) is 21.3. The SMILES string of the molecule is CC1CCC(C(=O)N(c2cc(C3=CCCCC3)sc2C(=O)O)C2CCC(O)C2)CC1. The smallest absolute Gasteiger partial charge is 0.348 e. The van der Waals surface area contributed by atoms with Crippen molar-refractivity contribution in [1.82, 2.24) is 0 Å². The molecule has 1 aromatic rings. The third-order valence-electron chi connectivity index (χ3n) is 7.12. The molecule has 0 radical (unpaired) electrons. The molecule has 2 fully saturated rings. The summed E-state index contributed by atoms with van der Waals surface area (Å²) in [5, 5.41) is 20.1. The first-order valence-corrected chi connectivity index (χ1v) is 12.3. The van der Waals surface area contributed by atoms with Crippen molar-refractivity contribution in [2.24, 2.45) is 11.8 Å². The number of carboxylic acids is 1. The second-order valence-corrected chi connectivity index (χ2v) is 10.4. The van der Waals surface area contributed by atoms with Crippen molar-refractivity contribution in [3.05, 3.63) is 21.9 Å². The maximum atomic E-state index is 13.7. The minimum Gasteiger partial charge on any atom is -0.477 e. The van der Waals surface area contributed by atoms with Crippen molar-refractivity contribution < 1.29 is 19.8 Å². The van der Waals surface area contributed by atoms with Crippen LogP contribution in [0.15, 0.2) is 12.1 Å². The highest BCUT2D eigenvalue weighted by atomic mass is 32.1. The number of carbonyl (C=O) groups excluding carboxylic acids is 1. The number of carbonyl (C=O) groups is 2. The third kappa shape index (κ3) is 4.50. The molecule has 2 N–H and O–H groups in total. The van der Waals surface area contributed by atoms with E-state index in [0.29, 0.717) is 24.4 Å². The summed E-state index contributed by atoms with van der Waals surface area (Å²) < 4.78 is 0. The van der Waals surface area contributed by atoms with Gasteiger partial charge >= 0.3 is 5.97 Å². The zero-order valence-electron chi connectivity index (χ0n) is 17.8. The molecule has 2 atom stereocenters. The standard InChI is InChI=1S/C24H33NO4S/c1-15-7-9-17(10-8-15)23(27)25(18-11-12-19(26)13-18)20-14-21(30-22(20)24(28)29)16-5-3-2-4-6-16/h5,14-15,17-19,26H,2-4,6-13H2,1H3,(H,28,29). The molecule has 3 aliphatic carbocycles. The summed E-state index contributed by atoms with van der Waals surface area (Å²) in [7, 11) is 0. The largest absolute Gasteiger partial charge is 0.477 e. The van der Waals surface area contributed by atoms with Gasteiger partial charge in [-0.3, -0.25) is 4.79 Å². The van der Waals surface area contributed by atoms with E-state index in [2.05, 4.69) is 13.0 Å². The summed E-state index contributed by atoms with van der Waals surface area (Å²) in [6.45, 7) is 2.23. The van der Waals surface area contributed by atoms with E-state index in [1.54, 1.807) is 4.90 Å². The van der Waals surface area contributed by atoms with Crippen molar-refractivity contribution in [2.75, 3.05) is 4.90 Å². The minimum absolute atomic E-state index is 0.0437. The number of aliphatic hydroxyl groups excluding tert-OH is 1. The number of hydrogen-bond donors (Lipinski definition) is 2. The average Bonchev–Trinajstić information content (AvgIpc) is 3.36. The first-order valence-electron chi connectivity index (χ1n) is 11.5. The van der Waals surface area contributed by atoms with E-state index in [1.165, 1.54) is 23.3 Å². The second-order valence-electron chi connectivity index (χ2n) is 9.39. The van der Waals surface area contributed by atoms with Crippen LogP contribution in [-0.2, 0) is 4.79 Å². The number of carboxylic acid groups (broad SMARTS) is 1. The Hall–Kier alpha value is -1.66. The van der Waals surface area contributed by atoms with Crippen LogP contribution in [-0.4, -0.2) is 34.2 Å². The molecule has 0 aromatic carbocycles. The molecular formula is C24H33NO4S. The number of rotatable bonds is 5. The molecule has 0 spiro atoms. The first kappa shape index (κ1) is 21.6. The van der Waals surface area contributed by atoms with Crippen molar-refractivity contribution >= 4 is 34.5 Å². The summed E-state index contributed by atoms with van der Waals surface area (Å²) >= 11 is 1.30. The Morgan fingerprint density at radius 3 is 2.47 bits per heavy atom. The second kappa shape index (κ2) is 9.23. The quantitative estimate of drug-likeness (QED) is 0.647. The van der Waals surface area contributed by atoms with Crippen LogP contribution in [0, 0.1) is 11.8 Å². The average molecular weight is 432 g/mol. The number of nitrogens with zero attached hydrogens (tertiary/aromatic N) is 1. The Kier molecular flexibility index (Phi) is 6.63. The lowest BCUT2D eigenvalue weighted by Crippen LogP contribution is -2.44. The van der Waals surface area contributed by atoms with Gasteiger partial charge in [0.15, 0.2) is 0 Å². The minimum atomic E-state index is -0.966. The predicted octanol–water partition coefficient (Wildman–Crippen LogP) is 5.48. The van der Waals surface area contributed by atoms with Gasteiger partial charge in [0.25, 0.3) is 0 Å². The monoisotopic (exact) mass is 431 g/mol. The predicted molar refractivity (Wildman–Crippen MR) is 120 cm³/mol. The van der Waals surface area contributed by atoms with E-state index in [-0.39, 0.29) is 22.7 Å². The molecule has 0 saturated heterocycles. The van der Waals surface area contributed by atoms with Gasteiger partial charge in [-0.1, -0.05) is 13.0 Å². The van der Waals surface area contributed by atoms with E-state index in [9.17, 15) is 19.8 Å². The van der Waals surface area contributed by atoms with Gasteiger partial charge in [0, 0.05) is 16.8 Å². The number of allylic oxidation sites excluding steroid dienone is 2. The van der Waals surface area contributed by atoms with Crippen LogP contribution in [0.3, 0.4) is 0 Å². The number of thiophene rings is 1. The molecule has 30 heavy (non-hydrogen) atoms. The fourth-order valence-corrected chi connectivity index (χ4v) is 6.36. The highest BCUT2D eigenvalue weighted by molar-refractivity contribution is 7.15.